The minimum atomic E-state index is -2.94. The number of fused-ring (bicyclic) bond motifs is 1. The summed E-state index contributed by atoms with van der Waals surface area (Å²) in [4.78, 5) is 0. The molecule has 0 atom stereocenters. The molecule has 5 rings (SSSR count). The van der Waals surface area contributed by atoms with Gasteiger partial charge in [0, 0.05) is 20.4 Å². The Morgan fingerprint density at radius 2 is 0.968 bits per heavy atom. The number of benzene rings is 5. The van der Waals surface area contributed by atoms with Gasteiger partial charge in [-0.3, -0.25) is 0 Å². The van der Waals surface area contributed by atoms with E-state index >= 15 is 0 Å². The first-order valence-corrected chi connectivity index (χ1v) is 12.7. The molecule has 0 unspecified atom stereocenters. The quantitative estimate of drug-likeness (QED) is 0.254. The first-order chi connectivity index (χ1) is 15.1. The van der Waals surface area contributed by atoms with Gasteiger partial charge in [0.15, 0.2) is 7.14 Å². The molecule has 0 fully saturated rings. The topological polar surface area (TPSA) is 17.1 Å². The molecular weight excluding hydrogens is 463 g/mol. The van der Waals surface area contributed by atoms with Crippen molar-refractivity contribution < 1.29 is 4.57 Å². The molecule has 0 aliphatic heterocycles. The van der Waals surface area contributed by atoms with E-state index < -0.39 is 7.14 Å². The van der Waals surface area contributed by atoms with E-state index in [9.17, 15) is 4.57 Å². The van der Waals surface area contributed by atoms with Crippen molar-refractivity contribution in [3.8, 4) is 11.1 Å². The van der Waals surface area contributed by atoms with Gasteiger partial charge in [-0.2, -0.15) is 0 Å². The lowest BCUT2D eigenvalue weighted by Crippen LogP contribution is -2.24. The number of rotatable bonds is 4. The predicted octanol–water partition coefficient (Wildman–Crippen LogP) is 6.91. The van der Waals surface area contributed by atoms with Crippen LogP contribution in [0.15, 0.2) is 126 Å². The zero-order chi connectivity index (χ0) is 21.3. The molecule has 0 amide bonds. The van der Waals surface area contributed by atoms with Crippen LogP contribution in [0.4, 0.5) is 0 Å². The van der Waals surface area contributed by atoms with Crippen molar-refractivity contribution in [3.05, 3.63) is 126 Å². The van der Waals surface area contributed by atoms with Crippen LogP contribution in [0.25, 0.3) is 21.9 Å². The maximum atomic E-state index is 14.5. The van der Waals surface area contributed by atoms with Gasteiger partial charge in [0.25, 0.3) is 0 Å². The summed E-state index contributed by atoms with van der Waals surface area (Å²) in [7, 11) is -2.94. The fourth-order valence-electron chi connectivity index (χ4n) is 3.98. The summed E-state index contributed by atoms with van der Waals surface area (Å²) in [5, 5.41) is 4.95. The SMILES string of the molecule is O=P(c1ccccc1)(c1ccccc1)c1ccc(-c2ccc3cc(Br)ccc3c2)cc1. The van der Waals surface area contributed by atoms with Gasteiger partial charge >= 0.3 is 0 Å². The van der Waals surface area contributed by atoms with Gasteiger partial charge in [-0.25, -0.2) is 0 Å². The average Bonchev–Trinajstić information content (AvgIpc) is 2.84. The minimum absolute atomic E-state index is 0.846. The predicted molar refractivity (Wildman–Crippen MR) is 136 cm³/mol. The molecule has 0 aromatic heterocycles. The fraction of sp³-hybridized carbons (Fsp3) is 0. The smallest absolute Gasteiger partial charge is 0.171 e. The summed E-state index contributed by atoms with van der Waals surface area (Å²) in [6.07, 6.45) is 0. The molecule has 0 bridgehead atoms. The number of hydrogen-bond acceptors (Lipinski definition) is 1. The highest BCUT2D eigenvalue weighted by Crippen LogP contribution is 2.42. The normalized spacial score (nSPS) is 11.5. The van der Waals surface area contributed by atoms with Crippen molar-refractivity contribution in [3.63, 3.8) is 0 Å². The third-order valence-electron chi connectivity index (χ3n) is 5.61. The third kappa shape index (κ3) is 3.78. The second-order valence-corrected chi connectivity index (χ2v) is 11.2. The van der Waals surface area contributed by atoms with Gasteiger partial charge in [0.2, 0.25) is 0 Å². The maximum absolute atomic E-state index is 14.5. The van der Waals surface area contributed by atoms with E-state index in [1.54, 1.807) is 0 Å². The molecular formula is C28H20BrOP. The number of halogens is 1. The van der Waals surface area contributed by atoms with Crippen molar-refractivity contribution in [1.82, 2.24) is 0 Å². The lowest BCUT2D eigenvalue weighted by Gasteiger charge is -2.20. The standard InChI is InChI=1S/C28H20BrOP/c29-25-16-13-23-19-22(11-12-24(23)20-25)21-14-17-28(18-15-21)31(30,26-7-3-1-4-8-26)27-9-5-2-6-10-27/h1-20H. The van der Waals surface area contributed by atoms with Gasteiger partial charge in [0.1, 0.15) is 0 Å². The molecule has 0 saturated carbocycles. The van der Waals surface area contributed by atoms with Crippen LogP contribution >= 0.6 is 23.1 Å². The van der Waals surface area contributed by atoms with E-state index in [1.807, 2.05) is 72.8 Å². The Morgan fingerprint density at radius 1 is 0.484 bits per heavy atom. The lowest BCUT2D eigenvalue weighted by atomic mass is 10.0. The highest BCUT2D eigenvalue weighted by molar-refractivity contribution is 9.10. The van der Waals surface area contributed by atoms with Crippen LogP contribution in [-0.2, 0) is 4.57 Å². The minimum Gasteiger partial charge on any atom is -0.309 e. The molecule has 150 valence electrons. The van der Waals surface area contributed by atoms with Crippen LogP contribution in [0.2, 0.25) is 0 Å². The molecule has 5 aromatic carbocycles. The van der Waals surface area contributed by atoms with E-state index in [4.69, 9.17) is 0 Å². The highest BCUT2D eigenvalue weighted by atomic mass is 79.9. The molecule has 0 N–H and O–H groups in total. The summed E-state index contributed by atoms with van der Waals surface area (Å²) in [6.45, 7) is 0. The van der Waals surface area contributed by atoms with Gasteiger partial charge in [0.05, 0.1) is 0 Å². The van der Waals surface area contributed by atoms with Gasteiger partial charge in [-0.15, -0.1) is 0 Å². The van der Waals surface area contributed by atoms with Crippen LogP contribution in [-0.4, -0.2) is 0 Å². The third-order valence-corrected chi connectivity index (χ3v) is 9.18. The van der Waals surface area contributed by atoms with Gasteiger partial charge < -0.3 is 4.57 Å². The van der Waals surface area contributed by atoms with Gasteiger partial charge in [-0.1, -0.05) is 119 Å². The van der Waals surface area contributed by atoms with Gasteiger partial charge in [-0.05, 0) is 40.1 Å². The van der Waals surface area contributed by atoms with Crippen LogP contribution in [0, 0.1) is 0 Å². The molecule has 0 spiro atoms. The lowest BCUT2D eigenvalue weighted by molar-refractivity contribution is 0.592. The first kappa shape index (κ1) is 20.0. The molecule has 31 heavy (non-hydrogen) atoms. The molecule has 5 aromatic rings. The monoisotopic (exact) mass is 482 g/mol. The Morgan fingerprint density at radius 3 is 1.58 bits per heavy atom. The fourth-order valence-corrected chi connectivity index (χ4v) is 7.01. The summed E-state index contributed by atoms with van der Waals surface area (Å²) in [5.41, 5.74) is 2.26. The highest BCUT2D eigenvalue weighted by Gasteiger charge is 2.29. The summed E-state index contributed by atoms with van der Waals surface area (Å²) in [6, 6.07) is 40.5. The number of hydrogen-bond donors (Lipinski definition) is 0. The van der Waals surface area contributed by atoms with E-state index in [-0.39, 0.29) is 0 Å². The molecule has 3 heteroatoms. The van der Waals surface area contributed by atoms with Crippen LogP contribution < -0.4 is 15.9 Å². The zero-order valence-electron chi connectivity index (χ0n) is 16.8. The Balaban J connectivity index is 1.59. The van der Waals surface area contributed by atoms with E-state index in [0.717, 1.165) is 31.5 Å². The zero-order valence-corrected chi connectivity index (χ0v) is 19.3. The molecule has 1 nitrogen and oxygen atoms in total. The summed E-state index contributed by atoms with van der Waals surface area (Å²) in [5.74, 6) is 0. The Hall–Kier alpha value is -2.93. The van der Waals surface area contributed by atoms with Crippen LogP contribution in [0.5, 0.6) is 0 Å². The van der Waals surface area contributed by atoms with Crippen molar-refractivity contribution in [2.45, 2.75) is 0 Å². The molecule has 0 saturated heterocycles. The Bertz CT molecular complexity index is 1350. The van der Waals surface area contributed by atoms with E-state index in [0.29, 0.717) is 0 Å². The van der Waals surface area contributed by atoms with E-state index in [2.05, 4.69) is 64.5 Å². The molecule has 0 radical (unpaired) electrons. The largest absolute Gasteiger partial charge is 0.309 e. The van der Waals surface area contributed by atoms with Crippen LogP contribution in [0.1, 0.15) is 0 Å². The second kappa shape index (κ2) is 8.30. The second-order valence-electron chi connectivity index (χ2n) is 7.53. The van der Waals surface area contributed by atoms with Crippen molar-refractivity contribution in [2.24, 2.45) is 0 Å². The Kier molecular flexibility index (Phi) is 5.36. The maximum Gasteiger partial charge on any atom is 0.171 e. The molecule has 0 aliphatic carbocycles. The summed E-state index contributed by atoms with van der Waals surface area (Å²) < 4.78 is 15.5. The Labute approximate surface area is 190 Å². The van der Waals surface area contributed by atoms with Crippen molar-refractivity contribution >= 4 is 49.8 Å². The van der Waals surface area contributed by atoms with E-state index in [1.165, 1.54) is 10.8 Å². The van der Waals surface area contributed by atoms with Crippen molar-refractivity contribution in [2.75, 3.05) is 0 Å². The molecule has 0 heterocycles. The average molecular weight is 483 g/mol. The van der Waals surface area contributed by atoms with Crippen molar-refractivity contribution in [1.29, 1.82) is 0 Å². The van der Waals surface area contributed by atoms with Crippen LogP contribution in [0.3, 0.4) is 0 Å². The first-order valence-electron chi connectivity index (χ1n) is 10.2. The molecule has 0 aliphatic rings. The summed E-state index contributed by atoms with van der Waals surface area (Å²) >= 11 is 3.53.